The van der Waals surface area contributed by atoms with Crippen molar-refractivity contribution in [2.75, 3.05) is 13.1 Å². The van der Waals surface area contributed by atoms with Crippen LogP contribution in [0.2, 0.25) is 0 Å². The van der Waals surface area contributed by atoms with E-state index in [0.717, 1.165) is 44.7 Å². The summed E-state index contributed by atoms with van der Waals surface area (Å²) in [5.74, 6) is 1.26. The lowest BCUT2D eigenvalue weighted by molar-refractivity contribution is -0.123. The SMILES string of the molecule is CCCC1=CC(CC(C#N)C(=O)NCCC2CCCCC2)CC2CCCNC12. The molecule has 4 nitrogen and oxygen atoms in total. The number of fused-ring (bicyclic) bond motifs is 1. The molecule has 0 bridgehead atoms. The Morgan fingerprint density at radius 1 is 1.29 bits per heavy atom. The lowest BCUT2D eigenvalue weighted by atomic mass is 9.71. The molecule has 3 rings (SSSR count). The summed E-state index contributed by atoms with van der Waals surface area (Å²) in [5.41, 5.74) is 1.53. The van der Waals surface area contributed by atoms with Gasteiger partial charge in [0.15, 0.2) is 0 Å². The molecule has 4 atom stereocenters. The van der Waals surface area contributed by atoms with Crippen molar-refractivity contribution >= 4 is 5.91 Å². The summed E-state index contributed by atoms with van der Waals surface area (Å²) in [6.45, 7) is 4.09. The molecule has 2 fully saturated rings. The van der Waals surface area contributed by atoms with E-state index in [4.69, 9.17) is 0 Å². The second kappa shape index (κ2) is 11.0. The average molecular weight is 386 g/mol. The van der Waals surface area contributed by atoms with Crippen molar-refractivity contribution in [1.82, 2.24) is 10.6 Å². The molecule has 3 aliphatic rings. The number of piperidine rings is 1. The first-order chi connectivity index (χ1) is 13.7. The van der Waals surface area contributed by atoms with Crippen LogP contribution in [0.15, 0.2) is 11.6 Å². The predicted molar refractivity (Wildman–Crippen MR) is 114 cm³/mol. The van der Waals surface area contributed by atoms with Crippen LogP contribution in [0.25, 0.3) is 0 Å². The van der Waals surface area contributed by atoms with Gasteiger partial charge in [-0.25, -0.2) is 0 Å². The maximum atomic E-state index is 12.6. The minimum Gasteiger partial charge on any atom is -0.355 e. The van der Waals surface area contributed by atoms with Gasteiger partial charge >= 0.3 is 0 Å². The van der Waals surface area contributed by atoms with E-state index in [-0.39, 0.29) is 5.91 Å². The molecule has 1 heterocycles. The van der Waals surface area contributed by atoms with Crippen LogP contribution in [0.3, 0.4) is 0 Å². The van der Waals surface area contributed by atoms with Gasteiger partial charge in [-0.15, -0.1) is 0 Å². The highest BCUT2D eigenvalue weighted by atomic mass is 16.1. The van der Waals surface area contributed by atoms with Crippen molar-refractivity contribution < 1.29 is 4.79 Å². The Kier molecular flexibility index (Phi) is 8.40. The fourth-order valence-electron chi connectivity index (χ4n) is 5.72. The molecule has 0 aromatic rings. The molecule has 28 heavy (non-hydrogen) atoms. The van der Waals surface area contributed by atoms with Crippen LogP contribution in [0.5, 0.6) is 0 Å². The average Bonchev–Trinajstić information content (AvgIpc) is 2.73. The third kappa shape index (κ3) is 5.83. The van der Waals surface area contributed by atoms with Crippen molar-refractivity contribution in [3.05, 3.63) is 11.6 Å². The third-order valence-electron chi connectivity index (χ3n) is 7.17. The molecular weight excluding hydrogens is 346 g/mol. The summed E-state index contributed by atoms with van der Waals surface area (Å²) in [6, 6.07) is 2.84. The molecule has 1 saturated heterocycles. The number of carbonyl (C=O) groups is 1. The fourth-order valence-corrected chi connectivity index (χ4v) is 5.72. The maximum Gasteiger partial charge on any atom is 0.237 e. The number of nitriles is 1. The molecule has 2 N–H and O–H groups in total. The summed E-state index contributed by atoms with van der Waals surface area (Å²) < 4.78 is 0. The van der Waals surface area contributed by atoms with E-state index in [1.165, 1.54) is 50.5 Å². The molecule has 1 amide bonds. The summed E-state index contributed by atoms with van der Waals surface area (Å²) >= 11 is 0. The van der Waals surface area contributed by atoms with Gasteiger partial charge in [-0.3, -0.25) is 4.79 Å². The maximum absolute atomic E-state index is 12.6. The molecule has 1 aliphatic heterocycles. The number of hydrogen-bond donors (Lipinski definition) is 2. The van der Waals surface area contributed by atoms with Crippen LogP contribution >= 0.6 is 0 Å². The summed E-state index contributed by atoms with van der Waals surface area (Å²) in [6.07, 6.45) is 16.8. The first-order valence-corrected chi connectivity index (χ1v) is 11.8. The van der Waals surface area contributed by atoms with Crippen LogP contribution in [-0.4, -0.2) is 25.0 Å². The van der Waals surface area contributed by atoms with E-state index >= 15 is 0 Å². The first-order valence-electron chi connectivity index (χ1n) is 11.8. The molecule has 4 heteroatoms. The van der Waals surface area contributed by atoms with Crippen molar-refractivity contribution in [1.29, 1.82) is 5.26 Å². The topological polar surface area (TPSA) is 64.9 Å². The molecule has 1 saturated carbocycles. The highest BCUT2D eigenvalue weighted by Crippen LogP contribution is 2.38. The largest absolute Gasteiger partial charge is 0.355 e. The van der Waals surface area contributed by atoms with Gasteiger partial charge in [-0.2, -0.15) is 5.26 Å². The molecule has 0 aromatic carbocycles. The fraction of sp³-hybridized carbons (Fsp3) is 0.833. The summed E-state index contributed by atoms with van der Waals surface area (Å²) in [7, 11) is 0. The van der Waals surface area contributed by atoms with E-state index in [9.17, 15) is 10.1 Å². The number of hydrogen-bond acceptors (Lipinski definition) is 3. The standard InChI is InChI=1S/C24H39N3O/c1-2-7-20-14-19(15-21-10-6-12-26-23(20)21)16-22(17-25)24(28)27-13-11-18-8-4-3-5-9-18/h14,18-19,21-23,26H,2-13,15-16H2,1H3,(H,27,28). The van der Waals surface area contributed by atoms with Gasteiger partial charge in [0.1, 0.15) is 5.92 Å². The quantitative estimate of drug-likeness (QED) is 0.594. The Balaban J connectivity index is 1.51. The van der Waals surface area contributed by atoms with Crippen molar-refractivity contribution in [2.45, 2.75) is 90.0 Å². The second-order valence-corrected chi connectivity index (χ2v) is 9.32. The number of allylic oxidation sites excluding steroid dienone is 1. The van der Waals surface area contributed by atoms with E-state index in [1.807, 2.05) is 0 Å². The van der Waals surface area contributed by atoms with Crippen LogP contribution in [0, 0.1) is 35.0 Å². The van der Waals surface area contributed by atoms with Crippen molar-refractivity contribution in [3.8, 4) is 6.07 Å². The Morgan fingerprint density at radius 2 is 2.11 bits per heavy atom. The lowest BCUT2D eigenvalue weighted by Crippen LogP contribution is -2.45. The first kappa shape index (κ1) is 21.4. The van der Waals surface area contributed by atoms with Gasteiger partial charge in [0, 0.05) is 12.6 Å². The van der Waals surface area contributed by atoms with E-state index in [2.05, 4.69) is 29.7 Å². The van der Waals surface area contributed by atoms with Crippen molar-refractivity contribution in [2.24, 2.45) is 23.7 Å². The smallest absolute Gasteiger partial charge is 0.237 e. The van der Waals surface area contributed by atoms with Crippen LogP contribution in [-0.2, 0) is 4.79 Å². The molecule has 2 aliphatic carbocycles. The van der Waals surface area contributed by atoms with Gasteiger partial charge in [0.2, 0.25) is 5.91 Å². The van der Waals surface area contributed by atoms with E-state index < -0.39 is 5.92 Å². The number of carbonyl (C=O) groups excluding carboxylic acids is 1. The molecule has 0 radical (unpaired) electrons. The molecule has 156 valence electrons. The lowest BCUT2D eigenvalue weighted by Gasteiger charge is -2.40. The molecular formula is C24H39N3O. The van der Waals surface area contributed by atoms with Gasteiger partial charge in [0.05, 0.1) is 6.07 Å². The number of nitrogens with zero attached hydrogens (tertiary/aromatic N) is 1. The van der Waals surface area contributed by atoms with Gasteiger partial charge < -0.3 is 10.6 Å². The Morgan fingerprint density at radius 3 is 2.86 bits per heavy atom. The zero-order valence-electron chi connectivity index (χ0n) is 17.7. The van der Waals surface area contributed by atoms with Crippen LogP contribution in [0.4, 0.5) is 0 Å². The zero-order chi connectivity index (χ0) is 19.8. The molecule has 0 aromatic heterocycles. The minimum atomic E-state index is -0.511. The Bertz CT molecular complexity index is 573. The summed E-state index contributed by atoms with van der Waals surface area (Å²) in [4.78, 5) is 12.6. The van der Waals surface area contributed by atoms with Gasteiger partial charge in [0.25, 0.3) is 0 Å². The Labute approximate surface area is 171 Å². The van der Waals surface area contributed by atoms with E-state index in [0.29, 0.717) is 24.3 Å². The monoisotopic (exact) mass is 385 g/mol. The third-order valence-corrected chi connectivity index (χ3v) is 7.17. The van der Waals surface area contributed by atoms with Crippen LogP contribution in [0.1, 0.15) is 84.0 Å². The van der Waals surface area contributed by atoms with Crippen molar-refractivity contribution in [3.63, 3.8) is 0 Å². The molecule has 0 spiro atoms. The Hall–Kier alpha value is -1.34. The number of nitrogens with one attached hydrogen (secondary N) is 2. The second-order valence-electron chi connectivity index (χ2n) is 9.32. The highest BCUT2D eigenvalue weighted by Gasteiger charge is 2.34. The number of amides is 1. The normalized spacial score (nSPS) is 29.3. The highest BCUT2D eigenvalue weighted by molar-refractivity contribution is 5.81. The predicted octanol–water partition coefficient (Wildman–Crippen LogP) is 4.72. The minimum absolute atomic E-state index is 0.0485. The summed E-state index contributed by atoms with van der Waals surface area (Å²) in [5, 5.41) is 16.4. The van der Waals surface area contributed by atoms with Gasteiger partial charge in [-0.05, 0) is 62.8 Å². The van der Waals surface area contributed by atoms with Crippen LogP contribution < -0.4 is 10.6 Å². The van der Waals surface area contributed by atoms with Gasteiger partial charge in [-0.1, -0.05) is 57.1 Å². The zero-order valence-corrected chi connectivity index (χ0v) is 17.7. The van der Waals surface area contributed by atoms with E-state index in [1.54, 1.807) is 0 Å². The number of rotatable bonds is 8. The molecule has 4 unspecified atom stereocenters.